The van der Waals surface area contributed by atoms with Crippen molar-refractivity contribution in [2.45, 2.75) is 19.4 Å². The third-order valence-electron chi connectivity index (χ3n) is 5.09. The SMILES string of the molecule is CCOc1ccc(C(CC(=O)c2ccc(OC)c(OC)c2)Nc2cccc([N+](=O)[O-])c2)cc1. The molecule has 0 fully saturated rings. The van der Waals surface area contributed by atoms with E-state index in [-0.39, 0.29) is 17.9 Å². The summed E-state index contributed by atoms with van der Waals surface area (Å²) in [6.45, 7) is 2.45. The molecule has 0 spiro atoms. The standard InChI is InChI=1S/C25H26N2O6/c1-4-33-21-11-8-17(9-12-21)22(26-19-6-5-7-20(15-19)27(29)30)16-23(28)18-10-13-24(31-2)25(14-18)32-3/h5-15,22,26H,4,16H2,1-3H3. The van der Waals surface area contributed by atoms with Crippen molar-refractivity contribution in [3.05, 3.63) is 88.0 Å². The predicted octanol–water partition coefficient (Wildman–Crippen LogP) is 5.44. The van der Waals surface area contributed by atoms with Crippen LogP contribution in [0.3, 0.4) is 0 Å². The molecule has 172 valence electrons. The summed E-state index contributed by atoms with van der Waals surface area (Å²) in [5, 5.41) is 14.4. The lowest BCUT2D eigenvalue weighted by Crippen LogP contribution is -2.16. The number of rotatable bonds is 11. The highest BCUT2D eigenvalue weighted by atomic mass is 16.6. The number of ketones is 1. The number of non-ortho nitro benzene ring substituents is 1. The third-order valence-corrected chi connectivity index (χ3v) is 5.09. The van der Waals surface area contributed by atoms with Gasteiger partial charge in [0.15, 0.2) is 17.3 Å². The van der Waals surface area contributed by atoms with Crippen LogP contribution in [0.15, 0.2) is 66.7 Å². The molecule has 8 nitrogen and oxygen atoms in total. The Labute approximate surface area is 192 Å². The van der Waals surface area contributed by atoms with Gasteiger partial charge in [-0.05, 0) is 48.9 Å². The van der Waals surface area contributed by atoms with Crippen LogP contribution >= 0.6 is 0 Å². The summed E-state index contributed by atoms with van der Waals surface area (Å²) in [6.07, 6.45) is 0.117. The molecule has 0 bridgehead atoms. The fourth-order valence-electron chi connectivity index (χ4n) is 3.44. The number of nitrogens with one attached hydrogen (secondary N) is 1. The smallest absolute Gasteiger partial charge is 0.271 e. The summed E-state index contributed by atoms with van der Waals surface area (Å²) in [7, 11) is 3.04. The second-order valence-electron chi connectivity index (χ2n) is 7.20. The van der Waals surface area contributed by atoms with Crippen LogP contribution < -0.4 is 19.5 Å². The van der Waals surface area contributed by atoms with Gasteiger partial charge in [-0.3, -0.25) is 14.9 Å². The van der Waals surface area contributed by atoms with Gasteiger partial charge in [0.2, 0.25) is 0 Å². The molecule has 3 aromatic rings. The Morgan fingerprint density at radius 3 is 2.36 bits per heavy atom. The van der Waals surface area contributed by atoms with Gasteiger partial charge in [-0.25, -0.2) is 0 Å². The van der Waals surface area contributed by atoms with E-state index in [0.29, 0.717) is 29.4 Å². The van der Waals surface area contributed by atoms with Gasteiger partial charge in [-0.1, -0.05) is 18.2 Å². The quantitative estimate of drug-likeness (QED) is 0.236. The number of ether oxygens (including phenoxy) is 3. The van der Waals surface area contributed by atoms with Gasteiger partial charge in [0.25, 0.3) is 5.69 Å². The Morgan fingerprint density at radius 1 is 1.00 bits per heavy atom. The van der Waals surface area contributed by atoms with Crippen molar-refractivity contribution in [3.63, 3.8) is 0 Å². The van der Waals surface area contributed by atoms with E-state index in [1.54, 1.807) is 30.3 Å². The van der Waals surface area contributed by atoms with Crippen molar-refractivity contribution in [1.82, 2.24) is 0 Å². The fourth-order valence-corrected chi connectivity index (χ4v) is 3.44. The van der Waals surface area contributed by atoms with Gasteiger partial charge in [-0.2, -0.15) is 0 Å². The molecule has 1 unspecified atom stereocenters. The first-order valence-corrected chi connectivity index (χ1v) is 10.4. The fraction of sp³-hybridized carbons (Fsp3) is 0.240. The lowest BCUT2D eigenvalue weighted by molar-refractivity contribution is -0.384. The molecule has 0 aliphatic carbocycles. The van der Waals surface area contributed by atoms with Crippen molar-refractivity contribution < 1.29 is 23.9 Å². The lowest BCUT2D eigenvalue weighted by atomic mass is 9.97. The zero-order chi connectivity index (χ0) is 23.8. The maximum absolute atomic E-state index is 13.2. The van der Waals surface area contributed by atoms with E-state index in [1.807, 2.05) is 31.2 Å². The van der Waals surface area contributed by atoms with E-state index in [2.05, 4.69) is 5.32 Å². The van der Waals surface area contributed by atoms with E-state index >= 15 is 0 Å². The summed E-state index contributed by atoms with van der Waals surface area (Å²) in [6, 6.07) is 18.2. The highest BCUT2D eigenvalue weighted by Crippen LogP contribution is 2.31. The number of nitro benzene ring substituents is 1. The van der Waals surface area contributed by atoms with E-state index in [1.165, 1.54) is 26.4 Å². The van der Waals surface area contributed by atoms with Crippen molar-refractivity contribution in [2.24, 2.45) is 0 Å². The first kappa shape index (κ1) is 23.6. The minimum atomic E-state index is -0.453. The van der Waals surface area contributed by atoms with Crippen molar-refractivity contribution >= 4 is 17.2 Å². The molecule has 0 aliphatic heterocycles. The minimum absolute atomic E-state index is 0.0309. The molecule has 0 radical (unpaired) electrons. The Kier molecular flexibility index (Phi) is 7.86. The number of hydrogen-bond donors (Lipinski definition) is 1. The van der Waals surface area contributed by atoms with E-state index in [0.717, 1.165) is 11.3 Å². The number of carbonyl (C=O) groups excluding carboxylic acids is 1. The third kappa shape index (κ3) is 6.00. The number of benzene rings is 3. The molecule has 1 N–H and O–H groups in total. The number of nitro groups is 1. The monoisotopic (exact) mass is 450 g/mol. The number of hydrogen-bond acceptors (Lipinski definition) is 7. The molecular weight excluding hydrogens is 424 g/mol. The minimum Gasteiger partial charge on any atom is -0.494 e. The van der Waals surface area contributed by atoms with Gasteiger partial charge in [0, 0.05) is 29.8 Å². The molecule has 0 saturated heterocycles. The van der Waals surface area contributed by atoms with E-state index in [4.69, 9.17) is 14.2 Å². The average molecular weight is 450 g/mol. The molecule has 0 aliphatic rings. The van der Waals surface area contributed by atoms with Crippen LogP contribution in [0.4, 0.5) is 11.4 Å². The van der Waals surface area contributed by atoms with Crippen LogP contribution in [0.25, 0.3) is 0 Å². The summed E-state index contributed by atoms with van der Waals surface area (Å²) >= 11 is 0. The summed E-state index contributed by atoms with van der Waals surface area (Å²) in [5.41, 5.74) is 1.84. The highest BCUT2D eigenvalue weighted by Gasteiger charge is 2.20. The van der Waals surface area contributed by atoms with Crippen LogP contribution in [-0.4, -0.2) is 31.5 Å². The molecule has 3 aromatic carbocycles. The van der Waals surface area contributed by atoms with E-state index < -0.39 is 11.0 Å². The highest BCUT2D eigenvalue weighted by molar-refractivity contribution is 5.97. The largest absolute Gasteiger partial charge is 0.494 e. The molecule has 0 aromatic heterocycles. The summed E-state index contributed by atoms with van der Waals surface area (Å²) in [5.74, 6) is 1.61. The topological polar surface area (TPSA) is 99.9 Å². The summed E-state index contributed by atoms with van der Waals surface area (Å²) in [4.78, 5) is 23.9. The first-order chi connectivity index (χ1) is 15.9. The van der Waals surface area contributed by atoms with Gasteiger partial charge in [-0.15, -0.1) is 0 Å². The van der Waals surface area contributed by atoms with Crippen molar-refractivity contribution in [2.75, 3.05) is 26.1 Å². The van der Waals surface area contributed by atoms with Crippen LogP contribution in [0.5, 0.6) is 17.2 Å². The maximum Gasteiger partial charge on any atom is 0.271 e. The average Bonchev–Trinajstić information content (AvgIpc) is 2.84. The Morgan fingerprint density at radius 2 is 1.73 bits per heavy atom. The summed E-state index contributed by atoms with van der Waals surface area (Å²) < 4.78 is 16.1. The van der Waals surface area contributed by atoms with Crippen molar-refractivity contribution in [3.8, 4) is 17.2 Å². The molecular formula is C25H26N2O6. The number of Topliss-reactive ketones (excluding diaryl/α,β-unsaturated/α-hetero) is 1. The molecule has 0 heterocycles. The number of nitrogens with zero attached hydrogens (tertiary/aromatic N) is 1. The zero-order valence-corrected chi connectivity index (χ0v) is 18.7. The lowest BCUT2D eigenvalue weighted by Gasteiger charge is -2.21. The number of carbonyl (C=O) groups is 1. The Bertz CT molecular complexity index is 1110. The van der Waals surface area contributed by atoms with Gasteiger partial charge < -0.3 is 19.5 Å². The predicted molar refractivity (Wildman–Crippen MR) is 126 cm³/mol. The molecule has 1 atom stereocenters. The number of anilines is 1. The second-order valence-corrected chi connectivity index (χ2v) is 7.20. The van der Waals surface area contributed by atoms with Crippen molar-refractivity contribution in [1.29, 1.82) is 0 Å². The maximum atomic E-state index is 13.2. The Hall–Kier alpha value is -4.07. The van der Waals surface area contributed by atoms with Crippen LogP contribution in [0, 0.1) is 10.1 Å². The second kappa shape index (κ2) is 11.0. The molecule has 8 heteroatoms. The molecule has 0 saturated carbocycles. The normalized spacial score (nSPS) is 11.4. The Balaban J connectivity index is 1.90. The van der Waals surface area contributed by atoms with Crippen LogP contribution in [-0.2, 0) is 0 Å². The van der Waals surface area contributed by atoms with Crippen LogP contribution in [0.1, 0.15) is 35.3 Å². The molecule has 0 amide bonds. The van der Waals surface area contributed by atoms with E-state index in [9.17, 15) is 14.9 Å². The first-order valence-electron chi connectivity index (χ1n) is 10.4. The van der Waals surface area contributed by atoms with Gasteiger partial charge in [0.1, 0.15) is 5.75 Å². The zero-order valence-electron chi connectivity index (χ0n) is 18.7. The molecule has 33 heavy (non-hydrogen) atoms. The van der Waals surface area contributed by atoms with Gasteiger partial charge >= 0.3 is 0 Å². The van der Waals surface area contributed by atoms with Crippen LogP contribution in [0.2, 0.25) is 0 Å². The van der Waals surface area contributed by atoms with Gasteiger partial charge in [0.05, 0.1) is 31.8 Å². The molecule has 3 rings (SSSR count). The number of methoxy groups -OCH3 is 2.